The van der Waals surface area contributed by atoms with Gasteiger partial charge in [-0.2, -0.15) is 4.98 Å². The Morgan fingerprint density at radius 1 is 0.794 bits per heavy atom. The molecule has 0 saturated carbocycles. The molecule has 0 spiro atoms. The number of oxazole rings is 1. The molecule has 0 bridgehead atoms. The molecule has 164 valence electrons. The highest BCUT2D eigenvalue weighted by atomic mass is 31.0. The molecule has 2 heterocycles. The lowest BCUT2D eigenvalue weighted by Crippen LogP contribution is -2.13. The molecule has 2 aromatic heterocycles. The zero-order valence-corrected chi connectivity index (χ0v) is 20.2. The second kappa shape index (κ2) is 7.99. The highest BCUT2D eigenvalue weighted by Gasteiger charge is 2.36. The van der Waals surface area contributed by atoms with E-state index in [0.717, 1.165) is 11.3 Å². The molecule has 3 aromatic carbocycles. The number of allylic oxidation sites excluding steroid dienone is 1. The molecule has 0 fully saturated rings. The number of hydrogen-bond acceptors (Lipinski definition) is 4. The molecule has 1 aliphatic rings. The highest BCUT2D eigenvalue weighted by Crippen LogP contribution is 2.33. The molecular formula is C27H18N2O3P2. The maximum absolute atomic E-state index is 13.3. The fraction of sp³-hybridized carbons (Fsp3) is 0. The summed E-state index contributed by atoms with van der Waals surface area (Å²) < 4.78 is 7.99. The summed E-state index contributed by atoms with van der Waals surface area (Å²) >= 11 is 0. The first kappa shape index (κ1) is 20.9. The van der Waals surface area contributed by atoms with E-state index in [2.05, 4.69) is 18.5 Å². The van der Waals surface area contributed by atoms with Gasteiger partial charge in [-0.3, -0.25) is 14.2 Å². The molecule has 0 radical (unpaired) electrons. The van der Waals surface area contributed by atoms with E-state index in [0.29, 0.717) is 44.6 Å². The van der Waals surface area contributed by atoms with Crippen LogP contribution in [0.2, 0.25) is 0 Å². The Morgan fingerprint density at radius 3 is 2.00 bits per heavy atom. The van der Waals surface area contributed by atoms with E-state index < -0.39 is 0 Å². The van der Waals surface area contributed by atoms with Crippen LogP contribution < -0.4 is 10.6 Å². The van der Waals surface area contributed by atoms with Crippen LogP contribution >= 0.6 is 18.5 Å². The van der Waals surface area contributed by atoms with Gasteiger partial charge in [-0.05, 0) is 41.0 Å². The summed E-state index contributed by atoms with van der Waals surface area (Å²) in [5, 5.41) is 1.42. The molecule has 0 saturated heterocycles. The minimum Gasteiger partial charge on any atom is -0.434 e. The average molecular weight is 480 g/mol. The molecule has 2 atom stereocenters. The fourth-order valence-electron chi connectivity index (χ4n) is 4.33. The van der Waals surface area contributed by atoms with Crippen molar-refractivity contribution < 1.29 is 14.0 Å². The molecule has 5 aromatic rings. The Labute approximate surface area is 199 Å². The molecular weight excluding hydrogens is 462 g/mol. The molecule has 7 heteroatoms. The molecule has 0 aliphatic heterocycles. The number of para-hydroxylation sites is 1. The minimum absolute atomic E-state index is 0.134. The Kier molecular flexibility index (Phi) is 4.91. The Hall–Kier alpha value is -3.65. The van der Waals surface area contributed by atoms with Crippen LogP contribution in [-0.4, -0.2) is 21.1 Å². The van der Waals surface area contributed by atoms with Gasteiger partial charge in [-0.25, -0.2) is 0 Å². The van der Waals surface area contributed by atoms with Crippen molar-refractivity contribution in [3.05, 3.63) is 101 Å². The van der Waals surface area contributed by atoms with Crippen molar-refractivity contribution in [3.8, 4) is 17.1 Å². The van der Waals surface area contributed by atoms with Gasteiger partial charge in [-0.15, -0.1) is 18.5 Å². The van der Waals surface area contributed by atoms with Gasteiger partial charge in [0.05, 0.1) is 11.3 Å². The predicted molar refractivity (Wildman–Crippen MR) is 141 cm³/mol. The number of fused-ring (bicyclic) bond motifs is 2. The maximum atomic E-state index is 13.3. The number of rotatable bonds is 3. The molecule has 0 amide bonds. The van der Waals surface area contributed by atoms with Gasteiger partial charge in [0.15, 0.2) is 22.8 Å². The van der Waals surface area contributed by atoms with Crippen molar-refractivity contribution in [1.82, 2.24) is 9.55 Å². The molecule has 5 nitrogen and oxygen atoms in total. The number of benzene rings is 3. The molecule has 34 heavy (non-hydrogen) atoms. The molecule has 2 unspecified atom stereocenters. The monoisotopic (exact) mass is 480 g/mol. The smallest absolute Gasteiger partial charge is 0.228 e. The Balaban J connectivity index is 1.55. The van der Waals surface area contributed by atoms with Gasteiger partial charge < -0.3 is 4.42 Å². The van der Waals surface area contributed by atoms with Crippen LogP contribution in [0, 0.1) is 0 Å². The van der Waals surface area contributed by atoms with Gasteiger partial charge in [-0.1, -0.05) is 48.5 Å². The van der Waals surface area contributed by atoms with E-state index >= 15 is 0 Å². The van der Waals surface area contributed by atoms with Gasteiger partial charge in [0.25, 0.3) is 0 Å². The standard InChI is InChI=1S/C27H18N2O3P2/c30-24-18(25(31)23-21(34)12-11-20(33)22(23)24)13-17-14-19-26(29(17)16-9-5-2-6-10-16)28-27(32-19)15-7-3-1-4-8-15/h1-14H,33-34H2. The van der Waals surface area contributed by atoms with E-state index in [1.807, 2.05) is 83.4 Å². The minimum atomic E-state index is -0.273. The van der Waals surface area contributed by atoms with Crippen molar-refractivity contribution in [3.63, 3.8) is 0 Å². The largest absolute Gasteiger partial charge is 0.434 e. The SMILES string of the molecule is O=C1C(=Cc2cc3oc(-c4ccccc4)nc3n2-c2ccccc2)C(=O)c2c(P)ccc(P)c21. The van der Waals surface area contributed by atoms with E-state index in [1.165, 1.54) is 0 Å². The first-order valence-corrected chi connectivity index (χ1v) is 11.8. The van der Waals surface area contributed by atoms with Crippen LogP contribution in [0.3, 0.4) is 0 Å². The van der Waals surface area contributed by atoms with Crippen molar-refractivity contribution in [2.24, 2.45) is 0 Å². The summed E-state index contributed by atoms with van der Waals surface area (Å²) in [6.07, 6.45) is 1.64. The van der Waals surface area contributed by atoms with Crippen molar-refractivity contribution in [1.29, 1.82) is 0 Å². The average Bonchev–Trinajstić information content (AvgIpc) is 3.49. The van der Waals surface area contributed by atoms with E-state index in [9.17, 15) is 9.59 Å². The number of nitrogens with zero attached hydrogens (tertiary/aromatic N) is 2. The second-order valence-corrected chi connectivity index (χ2v) is 9.27. The van der Waals surface area contributed by atoms with Gasteiger partial charge in [0.2, 0.25) is 5.89 Å². The summed E-state index contributed by atoms with van der Waals surface area (Å²) in [6, 6.07) is 24.9. The lowest BCUT2D eigenvalue weighted by Gasteiger charge is -2.07. The number of carbonyl (C=O) groups is 2. The molecule has 1 aliphatic carbocycles. The van der Waals surface area contributed by atoms with E-state index in [4.69, 9.17) is 9.40 Å². The summed E-state index contributed by atoms with van der Waals surface area (Å²) in [7, 11) is 5.10. The van der Waals surface area contributed by atoms with Crippen LogP contribution in [0.25, 0.3) is 34.4 Å². The number of ketones is 2. The number of hydrogen-bond donors (Lipinski definition) is 0. The third-order valence-electron chi connectivity index (χ3n) is 5.92. The Bertz CT molecular complexity index is 1610. The molecule has 6 rings (SSSR count). The predicted octanol–water partition coefficient (Wildman–Crippen LogP) is 4.75. The number of aromatic nitrogens is 2. The quantitative estimate of drug-likeness (QED) is 0.212. The zero-order valence-electron chi connectivity index (χ0n) is 17.9. The van der Waals surface area contributed by atoms with E-state index in [-0.39, 0.29) is 17.1 Å². The van der Waals surface area contributed by atoms with E-state index in [1.54, 1.807) is 6.08 Å². The van der Waals surface area contributed by atoms with Crippen molar-refractivity contribution >= 4 is 58.0 Å². The normalized spacial score (nSPS) is 13.1. The lowest BCUT2D eigenvalue weighted by molar-refractivity contribution is 0.0991. The highest BCUT2D eigenvalue weighted by molar-refractivity contribution is 7.29. The van der Waals surface area contributed by atoms with Gasteiger partial charge in [0.1, 0.15) is 0 Å². The maximum Gasteiger partial charge on any atom is 0.228 e. The van der Waals surface area contributed by atoms with Gasteiger partial charge in [0, 0.05) is 28.4 Å². The molecule has 0 N–H and O–H groups in total. The number of Topliss-reactive ketones (excluding diaryl/α,β-unsaturated/α-hetero) is 2. The third-order valence-corrected chi connectivity index (χ3v) is 6.89. The van der Waals surface area contributed by atoms with Crippen LogP contribution in [0.1, 0.15) is 26.4 Å². The van der Waals surface area contributed by atoms with Crippen molar-refractivity contribution in [2.45, 2.75) is 0 Å². The zero-order chi connectivity index (χ0) is 23.4. The Morgan fingerprint density at radius 2 is 1.38 bits per heavy atom. The van der Waals surface area contributed by atoms with Crippen LogP contribution in [0.15, 0.2) is 88.9 Å². The second-order valence-electron chi connectivity index (χ2n) is 8.02. The first-order chi connectivity index (χ1) is 16.5. The van der Waals surface area contributed by atoms with Crippen molar-refractivity contribution in [2.75, 3.05) is 0 Å². The van der Waals surface area contributed by atoms with Crippen LogP contribution in [0.4, 0.5) is 0 Å². The summed E-state index contributed by atoms with van der Waals surface area (Å²) in [5.74, 6) is -0.0375. The summed E-state index contributed by atoms with van der Waals surface area (Å²) in [5.41, 5.74) is 4.58. The first-order valence-electron chi connectivity index (χ1n) is 10.6. The summed E-state index contributed by atoms with van der Waals surface area (Å²) in [6.45, 7) is 0. The topological polar surface area (TPSA) is 65.1 Å². The number of carbonyl (C=O) groups excluding carboxylic acids is 2. The third kappa shape index (κ3) is 3.20. The van der Waals surface area contributed by atoms with Gasteiger partial charge >= 0.3 is 0 Å². The van der Waals surface area contributed by atoms with Crippen LogP contribution in [0.5, 0.6) is 0 Å². The lowest BCUT2D eigenvalue weighted by atomic mass is 10.1. The van der Waals surface area contributed by atoms with Crippen LogP contribution in [-0.2, 0) is 0 Å². The fourth-order valence-corrected chi connectivity index (χ4v) is 5.08. The summed E-state index contributed by atoms with van der Waals surface area (Å²) in [4.78, 5) is 31.3.